The number of likely N-dealkylation sites (tertiary alicyclic amines) is 1. The Hall–Kier alpha value is -0.570. The molecule has 6 nitrogen and oxygen atoms in total. The summed E-state index contributed by atoms with van der Waals surface area (Å²) < 4.78 is 0. The first-order chi connectivity index (χ1) is 12.4. The number of carbonyl (C=O) groups is 1. The third-order valence-corrected chi connectivity index (χ3v) is 6.47. The van der Waals surface area contributed by atoms with Crippen molar-refractivity contribution in [1.29, 1.82) is 0 Å². The zero-order chi connectivity index (χ0) is 19.2. The van der Waals surface area contributed by atoms with Gasteiger partial charge in [0.05, 0.1) is 0 Å². The Morgan fingerprint density at radius 2 is 1.93 bits per heavy atom. The molecule has 0 spiro atoms. The van der Waals surface area contributed by atoms with Crippen LogP contribution in [0.15, 0.2) is 4.99 Å². The smallest absolute Gasteiger partial charge is 0.220 e. The van der Waals surface area contributed by atoms with Crippen molar-refractivity contribution < 1.29 is 4.79 Å². The lowest BCUT2D eigenvalue weighted by atomic mass is 9.75. The molecule has 1 aliphatic heterocycles. The number of nitrogens with zero attached hydrogens (tertiary/aromatic N) is 3. The number of halogens is 1. The van der Waals surface area contributed by atoms with Crippen molar-refractivity contribution >= 4 is 35.8 Å². The van der Waals surface area contributed by atoms with E-state index in [1.54, 1.807) is 7.05 Å². The van der Waals surface area contributed by atoms with Crippen LogP contribution < -0.4 is 10.6 Å². The molecule has 7 heteroatoms. The summed E-state index contributed by atoms with van der Waals surface area (Å²) in [4.78, 5) is 20.9. The van der Waals surface area contributed by atoms with Gasteiger partial charge in [-0.1, -0.05) is 19.8 Å². The van der Waals surface area contributed by atoms with Gasteiger partial charge >= 0.3 is 0 Å². The van der Waals surface area contributed by atoms with Crippen LogP contribution in [0.4, 0.5) is 0 Å². The number of rotatable bonds is 5. The van der Waals surface area contributed by atoms with Gasteiger partial charge in [0.2, 0.25) is 5.91 Å². The van der Waals surface area contributed by atoms with E-state index in [0.29, 0.717) is 12.3 Å². The first-order valence-electron chi connectivity index (χ1n) is 10.2. The molecule has 1 saturated heterocycles. The molecule has 1 saturated carbocycles. The molecule has 0 aromatic rings. The summed E-state index contributed by atoms with van der Waals surface area (Å²) in [7, 11) is 8.03. The molecule has 2 atom stereocenters. The summed E-state index contributed by atoms with van der Waals surface area (Å²) in [5.74, 6) is 2.46. The van der Waals surface area contributed by atoms with Gasteiger partial charge in [0.15, 0.2) is 5.96 Å². The molecule has 1 aliphatic carbocycles. The van der Waals surface area contributed by atoms with Gasteiger partial charge in [-0.2, -0.15) is 0 Å². The van der Waals surface area contributed by atoms with Gasteiger partial charge in [-0.15, -0.1) is 24.0 Å². The Morgan fingerprint density at radius 3 is 2.44 bits per heavy atom. The third-order valence-electron chi connectivity index (χ3n) is 6.47. The summed E-state index contributed by atoms with van der Waals surface area (Å²) in [6.45, 7) is 5.29. The molecule has 2 N–H and O–H groups in total. The summed E-state index contributed by atoms with van der Waals surface area (Å²) in [5.41, 5.74) is 0.227. The Morgan fingerprint density at radius 1 is 1.26 bits per heavy atom. The molecule has 2 rings (SSSR count). The minimum absolute atomic E-state index is 0. The van der Waals surface area contributed by atoms with E-state index in [9.17, 15) is 4.79 Å². The Bertz CT molecular complexity index is 491. The maximum absolute atomic E-state index is 11.6. The standard InChI is InChI=1S/C20H39N5O.HI/c1-16-7-6-10-20(14-16,24(4)5)15-23-19(22-3)25-11-8-17(9-12-25)13-18(26)21-2;/h16-17H,6-15H2,1-5H3,(H,21,26)(H,22,23);1H. The van der Waals surface area contributed by atoms with E-state index in [1.807, 2.05) is 7.05 Å². The van der Waals surface area contributed by atoms with Gasteiger partial charge in [0.1, 0.15) is 0 Å². The van der Waals surface area contributed by atoms with Gasteiger partial charge in [-0.25, -0.2) is 0 Å². The van der Waals surface area contributed by atoms with Crippen molar-refractivity contribution in [2.45, 2.75) is 57.4 Å². The highest BCUT2D eigenvalue weighted by molar-refractivity contribution is 14.0. The van der Waals surface area contributed by atoms with Crippen molar-refractivity contribution in [2.24, 2.45) is 16.8 Å². The molecule has 0 aromatic heterocycles. The highest BCUT2D eigenvalue weighted by Crippen LogP contribution is 2.35. The van der Waals surface area contributed by atoms with Crippen LogP contribution in [0.5, 0.6) is 0 Å². The highest BCUT2D eigenvalue weighted by Gasteiger charge is 2.37. The van der Waals surface area contributed by atoms with E-state index in [-0.39, 0.29) is 35.4 Å². The van der Waals surface area contributed by atoms with Crippen molar-refractivity contribution in [1.82, 2.24) is 20.4 Å². The van der Waals surface area contributed by atoms with Crippen LogP contribution in [0, 0.1) is 11.8 Å². The summed E-state index contributed by atoms with van der Waals surface area (Å²) in [6.07, 6.45) is 7.93. The fourth-order valence-corrected chi connectivity index (χ4v) is 4.65. The number of piperidine rings is 1. The minimum atomic E-state index is 0. The third kappa shape index (κ3) is 6.76. The first-order valence-corrected chi connectivity index (χ1v) is 10.2. The number of nitrogens with one attached hydrogen (secondary N) is 2. The average Bonchev–Trinajstić information content (AvgIpc) is 2.63. The van der Waals surface area contributed by atoms with E-state index >= 15 is 0 Å². The predicted octanol–water partition coefficient (Wildman–Crippen LogP) is 2.54. The molecule has 1 amide bonds. The molecule has 0 bridgehead atoms. The van der Waals surface area contributed by atoms with E-state index < -0.39 is 0 Å². The average molecular weight is 493 g/mol. The van der Waals surface area contributed by atoms with Crippen molar-refractivity contribution in [3.8, 4) is 0 Å². The second-order valence-electron chi connectivity index (χ2n) is 8.53. The lowest BCUT2D eigenvalue weighted by Crippen LogP contribution is -2.57. The van der Waals surface area contributed by atoms with Crippen LogP contribution in [-0.4, -0.2) is 75.0 Å². The second-order valence-corrected chi connectivity index (χ2v) is 8.53. The first kappa shape index (κ1) is 24.5. The number of amides is 1. The molecular weight excluding hydrogens is 453 g/mol. The van der Waals surface area contributed by atoms with Crippen LogP contribution in [0.2, 0.25) is 0 Å². The molecule has 27 heavy (non-hydrogen) atoms. The number of likely N-dealkylation sites (N-methyl/N-ethyl adjacent to an activating group) is 1. The second kappa shape index (κ2) is 11.4. The zero-order valence-electron chi connectivity index (χ0n) is 17.9. The normalized spacial score (nSPS) is 27.3. The molecule has 0 radical (unpaired) electrons. The maximum atomic E-state index is 11.6. The Labute approximate surface area is 182 Å². The summed E-state index contributed by atoms with van der Waals surface area (Å²) >= 11 is 0. The van der Waals surface area contributed by atoms with Crippen LogP contribution >= 0.6 is 24.0 Å². The SMILES string of the molecule is CN=C(NCC1(N(C)C)CCCC(C)C1)N1CCC(CC(=O)NC)CC1.I. The molecule has 2 fully saturated rings. The number of carbonyl (C=O) groups excluding carboxylic acids is 1. The van der Waals surface area contributed by atoms with E-state index in [4.69, 9.17) is 0 Å². The minimum Gasteiger partial charge on any atom is -0.359 e. The van der Waals surface area contributed by atoms with Gasteiger partial charge in [-0.3, -0.25) is 9.79 Å². The highest BCUT2D eigenvalue weighted by atomic mass is 127. The van der Waals surface area contributed by atoms with Gasteiger partial charge < -0.3 is 20.4 Å². The molecule has 158 valence electrons. The van der Waals surface area contributed by atoms with Crippen molar-refractivity contribution in [2.75, 3.05) is 47.8 Å². The largest absolute Gasteiger partial charge is 0.359 e. The number of hydrogen-bond donors (Lipinski definition) is 2. The molecule has 2 unspecified atom stereocenters. The fourth-order valence-electron chi connectivity index (χ4n) is 4.65. The fraction of sp³-hybridized carbons (Fsp3) is 0.900. The van der Waals surface area contributed by atoms with Gasteiger partial charge in [-0.05, 0) is 51.6 Å². The zero-order valence-corrected chi connectivity index (χ0v) is 20.2. The quantitative estimate of drug-likeness (QED) is 0.351. The molecule has 1 heterocycles. The molecule has 0 aromatic carbocycles. The van der Waals surface area contributed by atoms with Crippen LogP contribution in [0.25, 0.3) is 0 Å². The van der Waals surface area contributed by atoms with E-state index in [1.165, 1.54) is 25.7 Å². The lowest BCUT2D eigenvalue weighted by molar-refractivity contribution is -0.121. The summed E-state index contributed by atoms with van der Waals surface area (Å²) in [6, 6.07) is 0. The van der Waals surface area contributed by atoms with Gasteiger partial charge in [0.25, 0.3) is 0 Å². The molecular formula is C20H40IN5O. The van der Waals surface area contributed by atoms with Gasteiger partial charge in [0, 0.05) is 45.7 Å². The van der Waals surface area contributed by atoms with Crippen LogP contribution in [0.1, 0.15) is 51.9 Å². The van der Waals surface area contributed by atoms with Crippen LogP contribution in [-0.2, 0) is 4.79 Å². The Kier molecular flexibility index (Phi) is 10.4. The van der Waals surface area contributed by atoms with E-state index in [2.05, 4.69) is 46.4 Å². The van der Waals surface area contributed by atoms with Crippen LogP contribution in [0.3, 0.4) is 0 Å². The topological polar surface area (TPSA) is 60.0 Å². The lowest BCUT2D eigenvalue weighted by Gasteiger charge is -2.46. The number of aliphatic imine (C=N–C) groups is 1. The number of guanidine groups is 1. The van der Waals surface area contributed by atoms with Crippen molar-refractivity contribution in [3.05, 3.63) is 0 Å². The Balaban J connectivity index is 0.00000364. The number of hydrogen-bond acceptors (Lipinski definition) is 3. The predicted molar refractivity (Wildman–Crippen MR) is 124 cm³/mol. The maximum Gasteiger partial charge on any atom is 0.220 e. The van der Waals surface area contributed by atoms with E-state index in [0.717, 1.165) is 44.4 Å². The summed E-state index contributed by atoms with van der Waals surface area (Å²) in [5, 5.41) is 6.41. The molecule has 2 aliphatic rings. The monoisotopic (exact) mass is 493 g/mol. The van der Waals surface area contributed by atoms with Crippen molar-refractivity contribution in [3.63, 3.8) is 0 Å².